The Kier molecular flexibility index (Phi) is 13.5. The fraction of sp³-hybridized carbons (Fsp3) is 0. The summed E-state index contributed by atoms with van der Waals surface area (Å²) in [5, 5.41) is 0. The van der Waals surface area contributed by atoms with Crippen molar-refractivity contribution in [3.8, 4) is 0 Å². The van der Waals surface area contributed by atoms with Gasteiger partial charge in [0.2, 0.25) is 0 Å². The van der Waals surface area contributed by atoms with Crippen molar-refractivity contribution in [1.29, 1.82) is 0 Å². The predicted molar refractivity (Wildman–Crippen MR) is 63.2 cm³/mol. The number of hydrogen-bond donors (Lipinski definition) is 0. The molecule has 32 valence electrons. The molecule has 0 nitrogen and oxygen atoms in total. The van der Waals surface area contributed by atoms with E-state index in [2.05, 4.69) is 70.7 Å². The molecule has 0 aromatic heterocycles. The molecule has 0 saturated heterocycles. The normalized spacial score (nSPS) is 7.33. The molecule has 0 aromatic rings. The van der Waals surface area contributed by atoms with Crippen LogP contribution in [0.15, 0.2) is 0 Å². The van der Waals surface area contributed by atoms with Crippen molar-refractivity contribution in [1.82, 2.24) is 0 Å². The van der Waals surface area contributed by atoms with Crippen molar-refractivity contribution in [2.24, 2.45) is 0 Å². The van der Waals surface area contributed by atoms with Gasteiger partial charge in [0.15, 0.2) is 0 Å². The summed E-state index contributed by atoms with van der Waals surface area (Å²) in [6.07, 6.45) is 0. The van der Waals surface area contributed by atoms with Crippen LogP contribution >= 0.6 is 70.7 Å². The molecule has 0 spiro atoms. The van der Waals surface area contributed by atoms with Crippen LogP contribution in [0, 0.1) is 0 Å². The molecule has 0 atom stereocenters. The Balaban J connectivity index is 0. The molecule has 0 aliphatic rings. The number of halogens is 4. The van der Waals surface area contributed by atoms with Gasteiger partial charge in [0.1, 0.15) is 0 Å². The summed E-state index contributed by atoms with van der Waals surface area (Å²) in [5.41, 5.74) is 0. The molecule has 0 rings (SSSR count). The molecule has 0 bridgehead atoms. The fourth-order valence-corrected chi connectivity index (χ4v) is 0. The Hall–Kier alpha value is 4.45. The molecule has 0 amide bonds. The quantitative estimate of drug-likeness (QED) is 0.268. The maximum absolute atomic E-state index is 2.57. The molecule has 0 fully saturated rings. The Morgan fingerprint density at radius 1 is 0.833 bits per heavy atom. The third-order valence-corrected chi connectivity index (χ3v) is 0. The van der Waals surface area contributed by atoms with Crippen LogP contribution in [0.3, 0.4) is 0 Å². The van der Waals surface area contributed by atoms with Crippen molar-refractivity contribution in [3.63, 3.8) is 0 Å². The summed E-state index contributed by atoms with van der Waals surface area (Å²) in [5.74, 6) is 0. The van der Waals surface area contributed by atoms with Gasteiger partial charge in [-0.1, -0.05) is 0 Å². The topological polar surface area (TPSA) is 0 Å². The van der Waals surface area contributed by atoms with Gasteiger partial charge in [0.25, 0.3) is 0 Å². The van der Waals surface area contributed by atoms with Crippen LogP contribution in [0.2, 0.25) is 0 Å². The first kappa shape index (κ1) is 13.1. The van der Waals surface area contributed by atoms with Gasteiger partial charge < -0.3 is 0 Å². The minimum atomic E-state index is -1.51. The molecular weight excluding hydrogens is 715 g/mol. The van der Waals surface area contributed by atoms with Crippen LogP contribution in [-0.4, -0.2) is 18.9 Å². The third-order valence-electron chi connectivity index (χ3n) is 0. The molecule has 6 heavy (non-hydrogen) atoms. The van der Waals surface area contributed by atoms with Crippen molar-refractivity contribution >= 4 is 89.5 Å². The predicted octanol–water partition coefficient (Wildman–Crippen LogP) is 2.89. The van der Waals surface area contributed by atoms with E-state index < -0.39 is 4.17 Å². The molecule has 0 aromatic carbocycles. The number of hydrogen-bond acceptors (Lipinski definition) is 0. The van der Waals surface area contributed by atoms with E-state index in [1.807, 2.05) is 0 Å². The van der Waals surface area contributed by atoms with Crippen LogP contribution in [0.4, 0.5) is 0 Å². The van der Waals surface area contributed by atoms with Crippen molar-refractivity contribution in [3.05, 3.63) is 0 Å². The first-order chi connectivity index (χ1) is 2.00. The summed E-state index contributed by atoms with van der Waals surface area (Å²) in [6, 6.07) is 0. The van der Waals surface area contributed by atoms with Crippen molar-refractivity contribution in [2.75, 3.05) is 0 Å². The van der Waals surface area contributed by atoms with E-state index in [-0.39, 0.29) is 18.9 Å². The van der Waals surface area contributed by atoms with Gasteiger partial charge in [-0.3, -0.25) is 0 Å². The van der Waals surface area contributed by atoms with Gasteiger partial charge in [0, 0.05) is 0 Å². The summed E-state index contributed by atoms with van der Waals surface area (Å²) in [6.45, 7) is 0. The first-order valence-corrected chi connectivity index (χ1v) is 62.9. The minimum absolute atomic E-state index is 0. The van der Waals surface area contributed by atoms with E-state index in [1.54, 1.807) is 0 Å². The van der Waals surface area contributed by atoms with E-state index in [4.69, 9.17) is 0 Å². The molecule has 0 aliphatic heterocycles. The summed E-state index contributed by atoms with van der Waals surface area (Å²) in [4.78, 5) is 0. The van der Waals surface area contributed by atoms with Gasteiger partial charge >= 0.3 is 93.7 Å². The molecule has 0 radical (unpaired) electrons. The van der Waals surface area contributed by atoms with E-state index in [1.165, 1.54) is 0 Å². The van der Waals surface area contributed by atoms with Crippen LogP contribution in [-0.2, 0) is 4.17 Å². The van der Waals surface area contributed by atoms with Gasteiger partial charge in [-0.2, -0.15) is 0 Å². The Labute approximate surface area is 90.1 Å². The maximum atomic E-state index is 2.57. The Morgan fingerprint density at radius 3 is 0.833 bits per heavy atom. The second-order valence-electron chi connectivity index (χ2n) is 0.606. The van der Waals surface area contributed by atoms with Gasteiger partial charge in [-0.25, -0.2) is 0 Å². The summed E-state index contributed by atoms with van der Waals surface area (Å²) < 4.78 is -1.51. The van der Waals surface area contributed by atoms with Crippen molar-refractivity contribution < 1.29 is 4.17 Å². The fourth-order valence-electron chi connectivity index (χ4n) is 0. The Bertz CT molecular complexity index is 23.0. The van der Waals surface area contributed by atoms with E-state index in [9.17, 15) is 0 Å². The summed E-state index contributed by atoms with van der Waals surface area (Å²) in [7, 11) is 0. The molecule has 0 saturated carbocycles. The second-order valence-corrected chi connectivity index (χ2v) is 239. The van der Waals surface area contributed by atoms with Crippen LogP contribution in [0.25, 0.3) is 0 Å². The third kappa shape index (κ3) is 23.7. The van der Waals surface area contributed by atoms with Gasteiger partial charge in [-0.05, 0) is 0 Å². The van der Waals surface area contributed by atoms with E-state index in [0.29, 0.717) is 0 Å². The zero-order chi connectivity index (χ0) is 4.50. The average Bonchev–Trinajstić information content (AvgIpc) is 0.722. The van der Waals surface area contributed by atoms with E-state index >= 15 is 0 Å². The van der Waals surface area contributed by atoms with Crippen LogP contribution in [0.1, 0.15) is 0 Å². The van der Waals surface area contributed by atoms with Gasteiger partial charge in [-0.15, -0.1) is 0 Å². The molecular formula is HHgI4Li. The number of rotatable bonds is 0. The average molecular weight is 716 g/mol. The molecule has 0 unspecified atom stereocenters. The van der Waals surface area contributed by atoms with Crippen LogP contribution in [0.5, 0.6) is 0 Å². The first-order valence-electron chi connectivity index (χ1n) is 1.07. The van der Waals surface area contributed by atoms with Crippen molar-refractivity contribution in [2.45, 2.75) is 0 Å². The zero-order valence-electron chi connectivity index (χ0n) is 2.22. The van der Waals surface area contributed by atoms with Gasteiger partial charge in [0.05, 0.1) is 0 Å². The molecule has 6 heteroatoms. The monoisotopic (exact) mass is 718 g/mol. The SMILES string of the molecule is [I][Hg]([I])([I])[I].[LiH]. The summed E-state index contributed by atoms with van der Waals surface area (Å²) >= 11 is 10.3. The Morgan fingerprint density at radius 2 is 0.833 bits per heavy atom. The second kappa shape index (κ2) is 6.18. The standard InChI is InChI=1S/Hg.4HI.Li.H/h;4*1H;;/q+4;;;;;;/p-4. The molecule has 0 N–H and O–H groups in total. The van der Waals surface area contributed by atoms with Crippen LogP contribution < -0.4 is 0 Å². The molecule has 0 aliphatic carbocycles. The van der Waals surface area contributed by atoms with E-state index in [0.717, 1.165) is 0 Å². The molecule has 0 heterocycles. The zero-order valence-corrected chi connectivity index (χ0v) is 16.3.